The summed E-state index contributed by atoms with van der Waals surface area (Å²) in [4.78, 5) is 10.6. The van der Waals surface area contributed by atoms with Crippen molar-refractivity contribution < 1.29 is 9.90 Å². The Morgan fingerprint density at radius 3 is 2.47 bits per heavy atom. The molecule has 0 atom stereocenters. The van der Waals surface area contributed by atoms with Crippen LogP contribution < -0.4 is 0 Å². The molecule has 0 saturated heterocycles. The molecule has 0 bridgehead atoms. The zero-order valence-electron chi connectivity index (χ0n) is 8.53. The topological polar surface area (TPSA) is 37.3 Å². The van der Waals surface area contributed by atoms with Crippen LogP contribution in [0.4, 0.5) is 0 Å². The molecule has 0 saturated carbocycles. The molecule has 0 aliphatic rings. The van der Waals surface area contributed by atoms with Crippen molar-refractivity contribution in [1.82, 2.24) is 0 Å². The maximum Gasteiger partial charge on any atom is 0.328 e. The predicted molar refractivity (Wildman–Crippen MR) is 64.7 cm³/mol. The summed E-state index contributed by atoms with van der Waals surface area (Å²) in [6.45, 7) is 2.04. The van der Waals surface area contributed by atoms with Crippen LogP contribution in [0, 0.1) is 0 Å². The number of carboxylic acid groups (broad SMARTS) is 1. The van der Waals surface area contributed by atoms with Crippen molar-refractivity contribution in [3.05, 3.63) is 40.4 Å². The first kappa shape index (κ1) is 12.0. The highest BCUT2D eigenvalue weighted by Gasteiger charge is 2.02. The minimum atomic E-state index is -0.888. The van der Waals surface area contributed by atoms with E-state index in [0.29, 0.717) is 0 Å². The van der Waals surface area contributed by atoms with Gasteiger partial charge in [0.25, 0.3) is 0 Å². The van der Waals surface area contributed by atoms with Crippen molar-refractivity contribution in [2.24, 2.45) is 0 Å². The molecule has 0 spiro atoms. The van der Waals surface area contributed by atoms with Crippen LogP contribution in [0.25, 0.3) is 5.57 Å². The third-order valence-corrected chi connectivity index (χ3v) is 2.56. The average Bonchev–Trinajstić information content (AvgIpc) is 2.17. The molecule has 1 rings (SSSR count). The summed E-state index contributed by atoms with van der Waals surface area (Å²) in [6.07, 6.45) is 3.01. The number of carboxylic acids is 1. The van der Waals surface area contributed by atoms with Crippen molar-refractivity contribution in [2.45, 2.75) is 19.8 Å². The number of hydrogen-bond acceptors (Lipinski definition) is 1. The van der Waals surface area contributed by atoms with Crippen molar-refractivity contribution >= 4 is 27.5 Å². The van der Waals surface area contributed by atoms with E-state index in [4.69, 9.17) is 5.11 Å². The van der Waals surface area contributed by atoms with Crippen LogP contribution >= 0.6 is 15.9 Å². The van der Waals surface area contributed by atoms with Gasteiger partial charge in [-0.15, -0.1) is 0 Å². The van der Waals surface area contributed by atoms with Gasteiger partial charge < -0.3 is 5.11 Å². The minimum absolute atomic E-state index is 0.786. The second-order valence-corrected chi connectivity index (χ2v) is 4.18. The molecule has 0 unspecified atom stereocenters. The number of allylic oxidation sites excluding steroid dienone is 1. The lowest BCUT2D eigenvalue weighted by Crippen LogP contribution is -1.92. The molecule has 1 N–H and O–H groups in total. The third kappa shape index (κ3) is 3.88. The zero-order valence-corrected chi connectivity index (χ0v) is 10.1. The molecule has 0 heterocycles. The van der Waals surface area contributed by atoms with Crippen LogP contribution in [0.2, 0.25) is 0 Å². The fourth-order valence-corrected chi connectivity index (χ4v) is 1.65. The number of benzene rings is 1. The normalized spacial score (nSPS) is 11.5. The maximum atomic E-state index is 10.6. The van der Waals surface area contributed by atoms with Gasteiger partial charge in [0.1, 0.15) is 0 Å². The Hall–Kier alpha value is -1.09. The molecule has 0 aliphatic heterocycles. The van der Waals surface area contributed by atoms with Crippen LogP contribution in [0.5, 0.6) is 0 Å². The minimum Gasteiger partial charge on any atom is -0.478 e. The maximum absolute atomic E-state index is 10.6. The summed E-state index contributed by atoms with van der Waals surface area (Å²) in [5, 5.41) is 8.74. The van der Waals surface area contributed by atoms with E-state index in [-0.39, 0.29) is 0 Å². The summed E-state index contributed by atoms with van der Waals surface area (Å²) < 4.78 is 0.998. The summed E-state index contributed by atoms with van der Waals surface area (Å²) in [5.74, 6) is -0.888. The quantitative estimate of drug-likeness (QED) is 0.846. The summed E-state index contributed by atoms with van der Waals surface area (Å²) in [6, 6.07) is 7.68. The van der Waals surface area contributed by atoms with E-state index >= 15 is 0 Å². The lowest BCUT2D eigenvalue weighted by Gasteiger charge is -2.05. The Balaban J connectivity index is 2.99. The molecule has 80 valence electrons. The van der Waals surface area contributed by atoms with Crippen LogP contribution in [0.15, 0.2) is 34.8 Å². The third-order valence-electron chi connectivity index (χ3n) is 2.03. The van der Waals surface area contributed by atoms with E-state index in [1.807, 2.05) is 31.2 Å². The Kier molecular flexibility index (Phi) is 4.56. The van der Waals surface area contributed by atoms with Crippen LogP contribution in [-0.4, -0.2) is 11.1 Å². The van der Waals surface area contributed by atoms with Gasteiger partial charge in [-0.2, -0.15) is 0 Å². The molecule has 1 aromatic carbocycles. The molecule has 0 radical (unpaired) electrons. The summed E-state index contributed by atoms with van der Waals surface area (Å²) in [5.41, 5.74) is 1.85. The van der Waals surface area contributed by atoms with Crippen LogP contribution in [0.1, 0.15) is 25.3 Å². The smallest absolute Gasteiger partial charge is 0.328 e. The largest absolute Gasteiger partial charge is 0.478 e. The van der Waals surface area contributed by atoms with Gasteiger partial charge in [0.15, 0.2) is 0 Å². The van der Waals surface area contributed by atoms with Crippen LogP contribution in [0.3, 0.4) is 0 Å². The fraction of sp³-hybridized carbons (Fsp3) is 0.250. The fourth-order valence-electron chi connectivity index (χ4n) is 1.38. The molecule has 0 aromatic heterocycles. The first-order valence-corrected chi connectivity index (χ1v) is 5.62. The SMILES string of the molecule is CCCC(=CC(=O)O)c1ccc(Br)cc1. The van der Waals surface area contributed by atoms with E-state index in [1.165, 1.54) is 6.08 Å². The van der Waals surface area contributed by atoms with Gasteiger partial charge in [-0.05, 0) is 29.7 Å². The summed E-state index contributed by atoms with van der Waals surface area (Å²) >= 11 is 3.35. The van der Waals surface area contributed by atoms with Crippen molar-refractivity contribution in [1.29, 1.82) is 0 Å². The standard InChI is InChI=1S/C12H13BrO2/c1-2-3-10(8-12(14)15)9-4-6-11(13)7-5-9/h4-8H,2-3H2,1H3,(H,14,15). The molecule has 15 heavy (non-hydrogen) atoms. The van der Waals surface area contributed by atoms with E-state index in [2.05, 4.69) is 15.9 Å². The van der Waals surface area contributed by atoms with E-state index in [0.717, 1.165) is 28.5 Å². The highest BCUT2D eigenvalue weighted by molar-refractivity contribution is 9.10. The molecule has 0 aliphatic carbocycles. The van der Waals surface area contributed by atoms with Crippen molar-refractivity contribution in [2.75, 3.05) is 0 Å². The Morgan fingerprint density at radius 1 is 1.40 bits per heavy atom. The van der Waals surface area contributed by atoms with Gasteiger partial charge in [0.2, 0.25) is 0 Å². The lowest BCUT2D eigenvalue weighted by molar-refractivity contribution is -0.131. The zero-order chi connectivity index (χ0) is 11.3. The average molecular weight is 269 g/mol. The Labute approximate surface area is 97.8 Å². The predicted octanol–water partition coefficient (Wildman–Crippen LogP) is 3.72. The van der Waals surface area contributed by atoms with E-state index in [9.17, 15) is 4.79 Å². The number of hydrogen-bond donors (Lipinski definition) is 1. The first-order chi connectivity index (χ1) is 7.13. The molecule has 0 amide bonds. The molecule has 3 heteroatoms. The summed E-state index contributed by atoms with van der Waals surface area (Å²) in [7, 11) is 0. The number of aliphatic carboxylic acids is 1. The number of rotatable bonds is 4. The molecular weight excluding hydrogens is 256 g/mol. The van der Waals surface area contributed by atoms with Crippen molar-refractivity contribution in [3.63, 3.8) is 0 Å². The van der Waals surface area contributed by atoms with Gasteiger partial charge in [-0.1, -0.05) is 41.4 Å². The van der Waals surface area contributed by atoms with Gasteiger partial charge in [-0.3, -0.25) is 0 Å². The van der Waals surface area contributed by atoms with Crippen molar-refractivity contribution in [3.8, 4) is 0 Å². The Bertz CT molecular complexity index is 366. The van der Waals surface area contributed by atoms with Gasteiger partial charge in [0.05, 0.1) is 0 Å². The highest BCUT2D eigenvalue weighted by Crippen LogP contribution is 2.21. The molecule has 1 aromatic rings. The van der Waals surface area contributed by atoms with Crippen LogP contribution in [-0.2, 0) is 4.79 Å². The second kappa shape index (κ2) is 5.71. The molecular formula is C12H13BrO2. The second-order valence-electron chi connectivity index (χ2n) is 3.26. The van der Waals surface area contributed by atoms with Gasteiger partial charge >= 0.3 is 5.97 Å². The van der Waals surface area contributed by atoms with Gasteiger partial charge in [-0.25, -0.2) is 4.79 Å². The number of halogens is 1. The first-order valence-electron chi connectivity index (χ1n) is 4.83. The highest BCUT2D eigenvalue weighted by atomic mass is 79.9. The molecule has 0 fully saturated rings. The molecule has 2 nitrogen and oxygen atoms in total. The van der Waals surface area contributed by atoms with E-state index < -0.39 is 5.97 Å². The Morgan fingerprint density at radius 2 is 2.00 bits per heavy atom. The lowest BCUT2D eigenvalue weighted by atomic mass is 10.0. The monoisotopic (exact) mass is 268 g/mol. The van der Waals surface area contributed by atoms with E-state index in [1.54, 1.807) is 0 Å². The number of carbonyl (C=O) groups is 1. The van der Waals surface area contributed by atoms with Gasteiger partial charge in [0, 0.05) is 10.5 Å².